The molecule has 1 nitrogen and oxygen atoms in total. The van der Waals surface area contributed by atoms with Crippen molar-refractivity contribution in [1.82, 2.24) is 0 Å². The van der Waals surface area contributed by atoms with Crippen LogP contribution in [0.3, 0.4) is 0 Å². The van der Waals surface area contributed by atoms with E-state index in [4.69, 9.17) is 4.43 Å². The summed E-state index contributed by atoms with van der Waals surface area (Å²) in [4.78, 5) is 0. The topological polar surface area (TPSA) is 9.23 Å². The number of hydrogen-bond acceptors (Lipinski definition) is 1. The van der Waals surface area contributed by atoms with E-state index in [1.54, 1.807) is 0 Å². The fraction of sp³-hybridized carbons (Fsp3) is 0.333. The zero-order valence-corrected chi connectivity index (χ0v) is 10.2. The van der Waals surface area contributed by atoms with E-state index in [1.165, 1.54) is 0 Å². The largest absolute Gasteiger partial charge is 0.544 e. The van der Waals surface area contributed by atoms with Crippen LogP contribution in [0.5, 0.6) is 5.75 Å². The lowest BCUT2D eigenvalue weighted by Gasteiger charge is -2.23. The van der Waals surface area contributed by atoms with Crippen molar-refractivity contribution in [3.63, 3.8) is 0 Å². The van der Waals surface area contributed by atoms with Crippen molar-refractivity contribution < 1.29 is 4.43 Å². The van der Waals surface area contributed by atoms with Gasteiger partial charge in [0, 0.05) is 5.56 Å². The fourth-order valence-electron chi connectivity index (χ4n) is 1.11. The van der Waals surface area contributed by atoms with Crippen molar-refractivity contribution in [2.24, 2.45) is 0 Å². The first-order chi connectivity index (χ1) is 6.59. The van der Waals surface area contributed by atoms with Gasteiger partial charge in [-0.05, 0) is 25.2 Å². The van der Waals surface area contributed by atoms with E-state index in [0.717, 1.165) is 17.4 Å². The van der Waals surface area contributed by atoms with Gasteiger partial charge >= 0.3 is 0 Å². The van der Waals surface area contributed by atoms with Crippen LogP contribution in [0.2, 0.25) is 19.1 Å². The average Bonchev–Trinajstić information content (AvgIpc) is 2.18. The molecular weight excluding hydrogens is 188 g/mol. The molecule has 0 saturated carbocycles. The molecule has 1 aromatic carbocycles. The van der Waals surface area contributed by atoms with Crippen LogP contribution in [0.1, 0.15) is 12.5 Å². The first kappa shape index (κ1) is 11.1. The molecule has 0 aliphatic rings. The highest BCUT2D eigenvalue weighted by Crippen LogP contribution is 2.23. The maximum absolute atomic E-state index is 6.04. The predicted molar refractivity (Wildman–Crippen MR) is 65.1 cm³/mol. The molecule has 14 heavy (non-hydrogen) atoms. The van der Waals surface area contributed by atoms with E-state index in [0.29, 0.717) is 0 Å². The smallest absolute Gasteiger partial charge is 0.244 e. The van der Waals surface area contributed by atoms with Crippen LogP contribution >= 0.6 is 0 Å². The maximum Gasteiger partial charge on any atom is 0.244 e. The third kappa shape index (κ3) is 2.74. The quantitative estimate of drug-likeness (QED) is 0.678. The van der Waals surface area contributed by atoms with Gasteiger partial charge < -0.3 is 4.43 Å². The average molecular weight is 206 g/mol. The van der Waals surface area contributed by atoms with E-state index < -0.39 is 8.32 Å². The summed E-state index contributed by atoms with van der Waals surface area (Å²) in [5, 5.41) is 0. The summed E-state index contributed by atoms with van der Waals surface area (Å²) in [7, 11) is -1.51. The second-order valence-corrected chi connectivity index (χ2v) is 8.39. The van der Waals surface area contributed by atoms with Gasteiger partial charge in [-0.2, -0.15) is 0 Å². The second-order valence-electron chi connectivity index (χ2n) is 3.96. The molecular formula is C12H18OSi. The monoisotopic (exact) mass is 206 g/mol. The molecule has 1 aromatic rings. The van der Waals surface area contributed by atoms with Crippen LogP contribution in [-0.2, 0) is 0 Å². The van der Waals surface area contributed by atoms with Gasteiger partial charge in [0.05, 0.1) is 0 Å². The number of hydrogen-bond donors (Lipinski definition) is 0. The Kier molecular flexibility index (Phi) is 3.53. The first-order valence-corrected chi connectivity index (χ1v) is 8.11. The molecule has 1 rings (SSSR count). The lowest BCUT2D eigenvalue weighted by atomic mass is 10.2. The number of para-hydroxylation sites is 1. The summed E-state index contributed by atoms with van der Waals surface area (Å²) in [5.74, 6) is 0.973. The summed E-state index contributed by atoms with van der Waals surface area (Å²) in [5.41, 5.74) is 1.08. The van der Waals surface area contributed by atoms with Crippen molar-refractivity contribution in [3.05, 3.63) is 36.4 Å². The summed E-state index contributed by atoms with van der Waals surface area (Å²) in [6.07, 6.45) is 1.84. The summed E-state index contributed by atoms with van der Waals surface area (Å²) in [6, 6.07) is 9.18. The predicted octanol–water partition coefficient (Wildman–Crippen LogP) is 3.93. The third-order valence-electron chi connectivity index (χ3n) is 2.38. The molecule has 0 radical (unpaired) electrons. The van der Waals surface area contributed by atoms with Crippen LogP contribution in [0.15, 0.2) is 30.8 Å². The minimum absolute atomic E-state index is 0.973. The van der Waals surface area contributed by atoms with Crippen LogP contribution in [0.25, 0.3) is 6.08 Å². The Morgan fingerprint density at radius 1 is 1.36 bits per heavy atom. The van der Waals surface area contributed by atoms with Crippen molar-refractivity contribution in [1.29, 1.82) is 0 Å². The fourth-order valence-corrected chi connectivity index (χ4v) is 2.04. The molecule has 0 spiro atoms. The Hall–Kier alpha value is -1.02. The van der Waals surface area contributed by atoms with Crippen molar-refractivity contribution >= 4 is 14.4 Å². The third-order valence-corrected chi connectivity index (χ3v) is 4.85. The van der Waals surface area contributed by atoms with E-state index >= 15 is 0 Å². The lowest BCUT2D eigenvalue weighted by molar-refractivity contribution is 0.548. The molecule has 2 heteroatoms. The van der Waals surface area contributed by atoms with Crippen molar-refractivity contribution in [2.45, 2.75) is 26.1 Å². The van der Waals surface area contributed by atoms with E-state index in [-0.39, 0.29) is 0 Å². The molecule has 0 amide bonds. The molecule has 0 N–H and O–H groups in total. The molecule has 0 fully saturated rings. The number of benzene rings is 1. The summed E-state index contributed by atoms with van der Waals surface area (Å²) < 4.78 is 6.04. The minimum Gasteiger partial charge on any atom is -0.544 e. The Bertz CT molecular complexity index is 318. The molecule has 0 aliphatic heterocycles. The highest BCUT2D eigenvalue weighted by Gasteiger charge is 2.21. The molecule has 0 saturated heterocycles. The Morgan fingerprint density at radius 3 is 2.57 bits per heavy atom. The number of rotatable bonds is 4. The van der Waals surface area contributed by atoms with Gasteiger partial charge in [0.1, 0.15) is 5.75 Å². The van der Waals surface area contributed by atoms with E-state index in [1.807, 2.05) is 30.3 Å². The minimum atomic E-state index is -1.51. The molecule has 0 heterocycles. The normalized spacial score (nSPS) is 11.1. The SMILES string of the molecule is C=Cc1ccccc1O[Si](C)(C)CC. The van der Waals surface area contributed by atoms with E-state index in [9.17, 15) is 0 Å². The molecule has 0 aromatic heterocycles. The Balaban J connectivity index is 2.91. The van der Waals surface area contributed by atoms with Gasteiger partial charge in [-0.25, -0.2) is 0 Å². The Labute approximate surface area is 87.5 Å². The van der Waals surface area contributed by atoms with Crippen molar-refractivity contribution in [3.8, 4) is 5.75 Å². The zero-order chi connectivity index (χ0) is 10.6. The van der Waals surface area contributed by atoms with E-state index in [2.05, 4.69) is 26.6 Å². The maximum atomic E-state index is 6.04. The van der Waals surface area contributed by atoms with Gasteiger partial charge in [0.25, 0.3) is 0 Å². The van der Waals surface area contributed by atoms with Crippen LogP contribution in [-0.4, -0.2) is 8.32 Å². The van der Waals surface area contributed by atoms with Crippen LogP contribution in [0, 0.1) is 0 Å². The molecule has 0 unspecified atom stereocenters. The van der Waals surface area contributed by atoms with Crippen LogP contribution in [0.4, 0.5) is 0 Å². The van der Waals surface area contributed by atoms with Gasteiger partial charge in [-0.3, -0.25) is 0 Å². The van der Waals surface area contributed by atoms with Crippen molar-refractivity contribution in [2.75, 3.05) is 0 Å². The lowest BCUT2D eigenvalue weighted by Crippen LogP contribution is -2.33. The van der Waals surface area contributed by atoms with Crippen LogP contribution < -0.4 is 4.43 Å². The molecule has 76 valence electrons. The molecule has 0 aliphatic carbocycles. The van der Waals surface area contributed by atoms with Gasteiger partial charge in [-0.15, -0.1) is 0 Å². The first-order valence-electron chi connectivity index (χ1n) is 4.99. The molecule has 0 bridgehead atoms. The summed E-state index contributed by atoms with van der Waals surface area (Å²) >= 11 is 0. The standard InChI is InChI=1S/C12H18OSi/c1-5-11-9-7-8-10-12(11)13-14(3,4)6-2/h5,7-10H,1,6H2,2-4H3. The molecule has 0 atom stereocenters. The zero-order valence-electron chi connectivity index (χ0n) is 9.21. The highest BCUT2D eigenvalue weighted by atomic mass is 28.4. The highest BCUT2D eigenvalue weighted by molar-refractivity contribution is 6.71. The second kappa shape index (κ2) is 4.47. The Morgan fingerprint density at radius 2 is 2.00 bits per heavy atom. The van der Waals surface area contributed by atoms with Gasteiger partial charge in [-0.1, -0.05) is 37.8 Å². The van der Waals surface area contributed by atoms with Gasteiger partial charge in [0.2, 0.25) is 8.32 Å². The van der Waals surface area contributed by atoms with Gasteiger partial charge in [0.15, 0.2) is 0 Å². The summed E-state index contributed by atoms with van der Waals surface area (Å²) in [6.45, 7) is 10.4.